The lowest BCUT2D eigenvalue weighted by atomic mass is 9.67. The number of aliphatic hydroxyl groups is 1. The van der Waals surface area contributed by atoms with Crippen LogP contribution in [0.25, 0.3) is 0 Å². The van der Waals surface area contributed by atoms with Crippen molar-refractivity contribution >= 4 is 24.8 Å². The number of nitrogens with zero attached hydrogens (tertiary/aromatic N) is 2. The Labute approximate surface area is 189 Å². The molecule has 1 saturated heterocycles. The van der Waals surface area contributed by atoms with E-state index >= 15 is 0 Å². The molecule has 9 heteroatoms. The predicted molar refractivity (Wildman–Crippen MR) is 117 cm³/mol. The third kappa shape index (κ3) is 6.16. The highest BCUT2D eigenvalue weighted by Gasteiger charge is 2.53. The molecule has 4 nitrogen and oxygen atoms in total. The Kier molecular flexibility index (Phi) is 9.34. The van der Waals surface area contributed by atoms with Crippen molar-refractivity contribution in [2.45, 2.75) is 51.0 Å². The van der Waals surface area contributed by atoms with Crippen molar-refractivity contribution in [3.8, 4) is 5.75 Å². The van der Waals surface area contributed by atoms with E-state index in [1.807, 2.05) is 6.07 Å². The summed E-state index contributed by atoms with van der Waals surface area (Å²) in [7, 11) is 2.08. The molecule has 1 N–H and O–H groups in total. The van der Waals surface area contributed by atoms with Crippen LogP contribution in [0.4, 0.5) is 13.2 Å². The summed E-state index contributed by atoms with van der Waals surface area (Å²) in [6.45, 7) is 8.44. The van der Waals surface area contributed by atoms with Crippen molar-refractivity contribution in [2.24, 2.45) is 5.41 Å². The number of ether oxygens (including phenoxy) is 1. The van der Waals surface area contributed by atoms with Crippen LogP contribution >= 0.6 is 24.8 Å². The predicted octanol–water partition coefficient (Wildman–Crippen LogP) is 4.70. The van der Waals surface area contributed by atoms with Gasteiger partial charge in [0.05, 0.1) is 5.60 Å². The summed E-state index contributed by atoms with van der Waals surface area (Å²) in [6.07, 6.45) is -2.25. The molecule has 174 valence electrons. The summed E-state index contributed by atoms with van der Waals surface area (Å²) in [6, 6.07) is 6.16. The van der Waals surface area contributed by atoms with E-state index in [2.05, 4.69) is 35.4 Å². The minimum absolute atomic E-state index is 0. The maximum Gasteiger partial charge on any atom is 0.573 e. The molecular formula is C21H33Cl2F3N2O2. The Morgan fingerprint density at radius 3 is 2.27 bits per heavy atom. The van der Waals surface area contributed by atoms with E-state index < -0.39 is 12.0 Å². The Morgan fingerprint density at radius 1 is 1.10 bits per heavy atom. The first-order valence-electron chi connectivity index (χ1n) is 9.99. The van der Waals surface area contributed by atoms with Gasteiger partial charge in [-0.3, -0.25) is 0 Å². The summed E-state index contributed by atoms with van der Waals surface area (Å²) in [5.41, 5.74) is -0.559. The fourth-order valence-electron chi connectivity index (χ4n) is 4.75. The standard InChI is InChI=1S/C21H31F3N2O2.2ClH/c1-19(2)8-5-9-20(19,27)18(15-26-12-10-25(3)11-13-26)16-6-4-7-17(14-16)28-21(22,23)24;;/h4,6-7,14,18,27H,5,8-13,15H2,1-3H3;2*1H. The largest absolute Gasteiger partial charge is 0.573 e. The minimum Gasteiger partial charge on any atom is -0.406 e. The van der Waals surface area contributed by atoms with Crippen LogP contribution in [0.2, 0.25) is 0 Å². The van der Waals surface area contributed by atoms with E-state index in [4.69, 9.17) is 0 Å². The second-order valence-corrected chi connectivity index (χ2v) is 8.94. The van der Waals surface area contributed by atoms with Gasteiger partial charge in [-0.2, -0.15) is 0 Å². The molecule has 0 amide bonds. The summed E-state index contributed by atoms with van der Waals surface area (Å²) in [5.74, 6) is -0.502. The van der Waals surface area contributed by atoms with Gasteiger partial charge in [-0.25, -0.2) is 0 Å². The van der Waals surface area contributed by atoms with Gasteiger partial charge in [0.1, 0.15) is 5.75 Å². The van der Waals surface area contributed by atoms with E-state index in [-0.39, 0.29) is 41.9 Å². The molecule has 2 atom stereocenters. The molecule has 0 aromatic heterocycles. The fourth-order valence-corrected chi connectivity index (χ4v) is 4.75. The lowest BCUT2D eigenvalue weighted by Gasteiger charge is -2.46. The number of halogens is 5. The molecule has 2 unspecified atom stereocenters. The van der Waals surface area contributed by atoms with Gasteiger partial charge in [-0.15, -0.1) is 38.0 Å². The zero-order valence-electron chi connectivity index (χ0n) is 17.7. The second kappa shape index (κ2) is 10.3. The van der Waals surface area contributed by atoms with Crippen LogP contribution in [0, 0.1) is 5.41 Å². The topological polar surface area (TPSA) is 35.9 Å². The maximum atomic E-state index is 12.7. The van der Waals surface area contributed by atoms with Crippen LogP contribution in [0.15, 0.2) is 24.3 Å². The van der Waals surface area contributed by atoms with Gasteiger partial charge in [0, 0.05) is 38.6 Å². The van der Waals surface area contributed by atoms with Crippen molar-refractivity contribution in [1.82, 2.24) is 9.80 Å². The molecule has 2 aliphatic rings. The number of benzene rings is 1. The molecule has 0 bridgehead atoms. The van der Waals surface area contributed by atoms with Crippen molar-refractivity contribution in [3.63, 3.8) is 0 Å². The number of hydrogen-bond acceptors (Lipinski definition) is 4. The van der Waals surface area contributed by atoms with Crippen LogP contribution in [0.1, 0.15) is 44.6 Å². The average molecular weight is 473 g/mol. The van der Waals surface area contributed by atoms with E-state index in [9.17, 15) is 18.3 Å². The third-order valence-electron chi connectivity index (χ3n) is 6.64. The van der Waals surface area contributed by atoms with Crippen LogP contribution in [-0.2, 0) is 0 Å². The number of hydrogen-bond donors (Lipinski definition) is 1. The molecular weight excluding hydrogens is 440 g/mol. The van der Waals surface area contributed by atoms with E-state index in [0.29, 0.717) is 18.5 Å². The molecule has 1 saturated carbocycles. The monoisotopic (exact) mass is 472 g/mol. The normalized spacial score (nSPS) is 25.8. The van der Waals surface area contributed by atoms with Crippen LogP contribution < -0.4 is 4.74 Å². The molecule has 1 aliphatic carbocycles. The molecule has 0 radical (unpaired) electrons. The van der Waals surface area contributed by atoms with Gasteiger partial charge >= 0.3 is 6.36 Å². The van der Waals surface area contributed by atoms with Gasteiger partial charge < -0.3 is 19.6 Å². The van der Waals surface area contributed by atoms with Crippen LogP contribution in [-0.4, -0.2) is 66.6 Å². The highest BCUT2D eigenvalue weighted by atomic mass is 35.5. The number of piperazine rings is 1. The Balaban J connectivity index is 0.00000225. The number of likely N-dealkylation sites (N-methyl/N-ethyl adjacent to an activating group) is 1. The van der Waals surface area contributed by atoms with Gasteiger partial charge in [-0.05, 0) is 49.4 Å². The smallest absolute Gasteiger partial charge is 0.406 e. The van der Waals surface area contributed by atoms with Gasteiger partial charge in [0.25, 0.3) is 0 Å². The van der Waals surface area contributed by atoms with E-state index in [1.54, 1.807) is 6.07 Å². The van der Waals surface area contributed by atoms with E-state index in [0.717, 1.165) is 39.0 Å². The lowest BCUT2D eigenvalue weighted by molar-refractivity contribution is -0.274. The van der Waals surface area contributed by atoms with Gasteiger partial charge in [0.2, 0.25) is 0 Å². The van der Waals surface area contributed by atoms with E-state index in [1.165, 1.54) is 12.1 Å². The molecule has 1 aromatic carbocycles. The summed E-state index contributed by atoms with van der Waals surface area (Å²) >= 11 is 0. The molecule has 0 spiro atoms. The lowest BCUT2D eigenvalue weighted by Crippen LogP contribution is -2.52. The fraction of sp³-hybridized carbons (Fsp3) is 0.714. The first-order valence-corrected chi connectivity index (χ1v) is 9.99. The molecule has 1 heterocycles. The highest BCUT2D eigenvalue weighted by molar-refractivity contribution is 5.85. The SMILES string of the molecule is CN1CCN(CC(c2cccc(OC(F)(F)F)c2)C2(O)CCCC2(C)C)CC1.Cl.Cl. The molecule has 1 aliphatic heterocycles. The second-order valence-electron chi connectivity index (χ2n) is 8.94. The first kappa shape index (κ1) is 27.3. The Hall–Kier alpha value is -0.730. The Morgan fingerprint density at radius 2 is 1.73 bits per heavy atom. The summed E-state index contributed by atoms with van der Waals surface area (Å²) < 4.78 is 42.2. The molecule has 2 fully saturated rings. The first-order chi connectivity index (χ1) is 13.0. The number of rotatable bonds is 5. The van der Waals surface area contributed by atoms with Gasteiger partial charge in [-0.1, -0.05) is 26.0 Å². The zero-order chi connectivity index (χ0) is 20.6. The van der Waals surface area contributed by atoms with Gasteiger partial charge in [0.15, 0.2) is 0 Å². The quantitative estimate of drug-likeness (QED) is 0.673. The molecule has 30 heavy (non-hydrogen) atoms. The van der Waals surface area contributed by atoms with Crippen molar-refractivity contribution in [3.05, 3.63) is 29.8 Å². The summed E-state index contributed by atoms with van der Waals surface area (Å²) in [4.78, 5) is 4.58. The van der Waals surface area contributed by atoms with Crippen molar-refractivity contribution < 1.29 is 23.0 Å². The highest BCUT2D eigenvalue weighted by Crippen LogP contribution is 2.53. The maximum absolute atomic E-state index is 12.7. The average Bonchev–Trinajstić information content (AvgIpc) is 2.86. The third-order valence-corrected chi connectivity index (χ3v) is 6.64. The zero-order valence-corrected chi connectivity index (χ0v) is 19.4. The van der Waals surface area contributed by atoms with Crippen LogP contribution in [0.3, 0.4) is 0 Å². The van der Waals surface area contributed by atoms with Crippen molar-refractivity contribution in [1.29, 1.82) is 0 Å². The minimum atomic E-state index is -4.73. The van der Waals surface area contributed by atoms with Crippen LogP contribution in [0.5, 0.6) is 5.75 Å². The molecule has 3 rings (SSSR count). The number of alkyl halides is 3. The molecule has 1 aromatic rings. The van der Waals surface area contributed by atoms with Crippen molar-refractivity contribution in [2.75, 3.05) is 39.8 Å². The Bertz CT molecular complexity index is 682. The summed E-state index contributed by atoms with van der Waals surface area (Å²) in [5, 5.41) is 11.7.